The number of hydrogen-bond donors (Lipinski definition) is 2. The Morgan fingerprint density at radius 2 is 1.95 bits per heavy atom. The monoisotopic (exact) mass is 273 g/mol. The van der Waals surface area contributed by atoms with Crippen LogP contribution in [0.5, 0.6) is 0 Å². The molecule has 2 rings (SSSR count). The summed E-state index contributed by atoms with van der Waals surface area (Å²) in [6.45, 7) is 3.69. The summed E-state index contributed by atoms with van der Waals surface area (Å²) in [6.07, 6.45) is 0. The highest BCUT2D eigenvalue weighted by atomic mass is 19.1. The fourth-order valence-electron chi connectivity index (χ4n) is 2.10. The van der Waals surface area contributed by atoms with Crippen LogP contribution in [0.4, 0.5) is 10.1 Å². The second-order valence-electron chi connectivity index (χ2n) is 4.72. The zero-order valence-electron chi connectivity index (χ0n) is 11.4. The van der Waals surface area contributed by atoms with E-state index in [2.05, 4.69) is 5.32 Å². The first-order valence-electron chi connectivity index (χ1n) is 6.34. The first-order chi connectivity index (χ1) is 9.49. The number of aryl methyl sites for hydroxylation is 1. The molecule has 0 spiro atoms. The van der Waals surface area contributed by atoms with E-state index in [1.807, 2.05) is 13.8 Å². The van der Waals surface area contributed by atoms with Crippen LogP contribution >= 0.6 is 0 Å². The Hall–Kier alpha value is -2.36. The first-order valence-corrected chi connectivity index (χ1v) is 6.34. The number of carboxylic acids is 1. The topological polar surface area (TPSA) is 49.3 Å². The molecule has 2 aromatic rings. The molecule has 0 saturated heterocycles. The average molecular weight is 273 g/mol. The Morgan fingerprint density at radius 1 is 1.25 bits per heavy atom. The normalized spacial score (nSPS) is 11.9. The van der Waals surface area contributed by atoms with E-state index in [0.717, 1.165) is 11.3 Å². The summed E-state index contributed by atoms with van der Waals surface area (Å²) >= 11 is 0. The maximum absolute atomic E-state index is 13.7. The number of nitrogens with one attached hydrogen (secondary N) is 1. The molecule has 0 aliphatic rings. The van der Waals surface area contributed by atoms with Crippen LogP contribution < -0.4 is 5.32 Å². The van der Waals surface area contributed by atoms with Gasteiger partial charge in [0, 0.05) is 11.3 Å². The van der Waals surface area contributed by atoms with Crippen LogP contribution in [0.15, 0.2) is 42.5 Å². The van der Waals surface area contributed by atoms with Gasteiger partial charge in [0.1, 0.15) is 5.82 Å². The van der Waals surface area contributed by atoms with Crippen molar-refractivity contribution in [1.29, 1.82) is 0 Å². The lowest BCUT2D eigenvalue weighted by atomic mass is 10.1. The average Bonchev–Trinajstić information content (AvgIpc) is 2.41. The Bertz CT molecular complexity index is 640. The Morgan fingerprint density at radius 3 is 2.55 bits per heavy atom. The fraction of sp³-hybridized carbons (Fsp3) is 0.188. The standard InChI is InChI=1S/C16H16FNO2/c1-10-9-12(16(19)20)7-8-15(10)18-11(2)13-5-3-4-6-14(13)17/h3-9,11,18H,1-2H3,(H,19,20). The van der Waals surface area contributed by atoms with Crippen LogP contribution in [0.2, 0.25) is 0 Å². The van der Waals surface area contributed by atoms with E-state index < -0.39 is 5.97 Å². The molecule has 0 aliphatic carbocycles. The van der Waals surface area contributed by atoms with Crippen LogP contribution in [-0.2, 0) is 0 Å². The van der Waals surface area contributed by atoms with Gasteiger partial charge in [-0.3, -0.25) is 0 Å². The summed E-state index contributed by atoms with van der Waals surface area (Å²) in [5, 5.41) is 12.1. The smallest absolute Gasteiger partial charge is 0.335 e. The molecule has 0 amide bonds. The maximum Gasteiger partial charge on any atom is 0.335 e. The van der Waals surface area contributed by atoms with Crippen molar-refractivity contribution in [2.45, 2.75) is 19.9 Å². The van der Waals surface area contributed by atoms with Gasteiger partial charge in [0.2, 0.25) is 0 Å². The second kappa shape index (κ2) is 5.74. The van der Waals surface area contributed by atoms with Gasteiger partial charge in [0.05, 0.1) is 11.6 Å². The van der Waals surface area contributed by atoms with Crippen molar-refractivity contribution < 1.29 is 14.3 Å². The Labute approximate surface area is 117 Å². The number of aromatic carboxylic acids is 1. The highest BCUT2D eigenvalue weighted by Crippen LogP contribution is 2.24. The zero-order valence-corrected chi connectivity index (χ0v) is 11.4. The minimum Gasteiger partial charge on any atom is -0.478 e. The molecule has 1 unspecified atom stereocenters. The van der Waals surface area contributed by atoms with Crippen molar-refractivity contribution in [1.82, 2.24) is 0 Å². The van der Waals surface area contributed by atoms with E-state index in [-0.39, 0.29) is 17.4 Å². The van der Waals surface area contributed by atoms with E-state index in [9.17, 15) is 9.18 Å². The van der Waals surface area contributed by atoms with Crippen LogP contribution in [0.3, 0.4) is 0 Å². The molecule has 0 heterocycles. The second-order valence-corrected chi connectivity index (χ2v) is 4.72. The van der Waals surface area contributed by atoms with Gasteiger partial charge in [-0.2, -0.15) is 0 Å². The van der Waals surface area contributed by atoms with Gasteiger partial charge in [0.15, 0.2) is 0 Å². The molecule has 0 bridgehead atoms. The molecule has 0 aliphatic heterocycles. The minimum atomic E-state index is -0.957. The molecule has 0 fully saturated rings. The van der Waals surface area contributed by atoms with E-state index in [1.54, 1.807) is 30.3 Å². The van der Waals surface area contributed by atoms with Gasteiger partial charge < -0.3 is 10.4 Å². The summed E-state index contributed by atoms with van der Waals surface area (Å²) < 4.78 is 13.7. The predicted octanol–water partition coefficient (Wildman–Crippen LogP) is 4.01. The summed E-state index contributed by atoms with van der Waals surface area (Å²) in [5.74, 6) is -1.21. The van der Waals surface area contributed by atoms with Gasteiger partial charge in [-0.15, -0.1) is 0 Å². The number of carboxylic acid groups (broad SMARTS) is 1. The van der Waals surface area contributed by atoms with Crippen molar-refractivity contribution in [3.63, 3.8) is 0 Å². The summed E-state index contributed by atoms with van der Waals surface area (Å²) in [5.41, 5.74) is 2.43. The number of benzene rings is 2. The molecule has 2 aromatic carbocycles. The minimum absolute atomic E-state index is 0.203. The van der Waals surface area contributed by atoms with Gasteiger partial charge in [-0.1, -0.05) is 18.2 Å². The zero-order chi connectivity index (χ0) is 14.7. The molecule has 1 atom stereocenters. The molecule has 0 radical (unpaired) electrons. The SMILES string of the molecule is Cc1cc(C(=O)O)ccc1NC(C)c1ccccc1F. The molecule has 4 heteroatoms. The Balaban J connectivity index is 2.22. The highest BCUT2D eigenvalue weighted by Gasteiger charge is 2.12. The van der Waals surface area contributed by atoms with Crippen molar-refractivity contribution in [3.05, 3.63) is 65.0 Å². The Kier molecular flexibility index (Phi) is 4.03. The maximum atomic E-state index is 13.7. The third-order valence-corrected chi connectivity index (χ3v) is 3.22. The van der Waals surface area contributed by atoms with Gasteiger partial charge in [-0.25, -0.2) is 9.18 Å². The lowest BCUT2D eigenvalue weighted by Gasteiger charge is -2.18. The molecule has 104 valence electrons. The number of rotatable bonds is 4. The van der Waals surface area contributed by atoms with Gasteiger partial charge >= 0.3 is 5.97 Å². The number of carbonyl (C=O) groups is 1. The summed E-state index contributed by atoms with van der Waals surface area (Å²) in [7, 11) is 0. The molecular weight excluding hydrogens is 257 g/mol. The number of hydrogen-bond acceptors (Lipinski definition) is 2. The molecule has 0 saturated carbocycles. The molecular formula is C16H16FNO2. The van der Waals surface area contributed by atoms with Crippen LogP contribution in [-0.4, -0.2) is 11.1 Å². The molecule has 0 aromatic heterocycles. The highest BCUT2D eigenvalue weighted by molar-refractivity contribution is 5.88. The van der Waals surface area contributed by atoms with Crippen molar-refractivity contribution in [2.24, 2.45) is 0 Å². The molecule has 2 N–H and O–H groups in total. The quantitative estimate of drug-likeness (QED) is 0.885. The molecule has 20 heavy (non-hydrogen) atoms. The van der Waals surface area contributed by atoms with Crippen LogP contribution in [0.1, 0.15) is 34.5 Å². The molecule has 3 nitrogen and oxygen atoms in total. The van der Waals surface area contributed by atoms with E-state index in [0.29, 0.717) is 5.56 Å². The van der Waals surface area contributed by atoms with Crippen molar-refractivity contribution in [2.75, 3.05) is 5.32 Å². The number of anilines is 1. The van der Waals surface area contributed by atoms with Crippen LogP contribution in [0, 0.1) is 12.7 Å². The summed E-state index contributed by atoms with van der Waals surface area (Å²) in [4.78, 5) is 10.9. The van der Waals surface area contributed by atoms with Gasteiger partial charge in [0.25, 0.3) is 0 Å². The lowest BCUT2D eigenvalue weighted by molar-refractivity contribution is 0.0697. The van der Waals surface area contributed by atoms with Crippen molar-refractivity contribution in [3.8, 4) is 0 Å². The largest absolute Gasteiger partial charge is 0.478 e. The van der Waals surface area contributed by atoms with E-state index in [4.69, 9.17) is 5.11 Å². The predicted molar refractivity (Wildman–Crippen MR) is 76.6 cm³/mol. The van der Waals surface area contributed by atoms with E-state index in [1.165, 1.54) is 12.1 Å². The fourth-order valence-corrected chi connectivity index (χ4v) is 2.10. The summed E-state index contributed by atoms with van der Waals surface area (Å²) in [6, 6.07) is 11.2. The van der Waals surface area contributed by atoms with Gasteiger partial charge in [-0.05, 0) is 43.7 Å². The van der Waals surface area contributed by atoms with E-state index >= 15 is 0 Å². The lowest BCUT2D eigenvalue weighted by Crippen LogP contribution is -2.10. The van der Waals surface area contributed by atoms with Crippen LogP contribution in [0.25, 0.3) is 0 Å². The third kappa shape index (κ3) is 2.96. The van der Waals surface area contributed by atoms with Crippen molar-refractivity contribution >= 4 is 11.7 Å². The first kappa shape index (κ1) is 14.1. The number of halogens is 1. The third-order valence-electron chi connectivity index (χ3n) is 3.22.